The molecule has 1 aromatic carbocycles. The number of aliphatic hydroxyl groups is 1. The van der Waals surface area contributed by atoms with Gasteiger partial charge in [0.1, 0.15) is 6.10 Å². The second-order valence-electron chi connectivity index (χ2n) is 2.66. The SMILES string of the molecule is NC(=O)[C@H](F)[C@H](O)c1ccccc1. The molecule has 0 fully saturated rings. The molecule has 0 aliphatic rings. The number of primary amides is 1. The number of aliphatic hydroxyl groups excluding tert-OH is 1. The van der Waals surface area contributed by atoms with Crippen LogP contribution in [0.15, 0.2) is 30.3 Å². The minimum atomic E-state index is -2.05. The summed E-state index contributed by atoms with van der Waals surface area (Å²) in [5.41, 5.74) is 5.04. The van der Waals surface area contributed by atoms with Crippen LogP contribution in [0.4, 0.5) is 4.39 Å². The molecule has 0 aliphatic carbocycles. The van der Waals surface area contributed by atoms with Crippen LogP contribution >= 0.6 is 0 Å². The Balaban J connectivity index is 2.79. The Bertz CT molecular complexity index is 289. The van der Waals surface area contributed by atoms with Crippen molar-refractivity contribution in [2.75, 3.05) is 0 Å². The third kappa shape index (κ3) is 2.26. The Labute approximate surface area is 75.0 Å². The molecule has 1 amide bonds. The zero-order valence-electron chi connectivity index (χ0n) is 6.85. The van der Waals surface area contributed by atoms with Crippen LogP contribution < -0.4 is 5.73 Å². The van der Waals surface area contributed by atoms with Crippen molar-refractivity contribution in [3.8, 4) is 0 Å². The fraction of sp³-hybridized carbons (Fsp3) is 0.222. The number of alkyl halides is 1. The standard InChI is InChI=1S/C9H10FNO2/c10-7(9(11)13)8(12)6-4-2-1-3-5-6/h1-5,7-8,12H,(H2,11,13)/t7-,8-/m1/s1. The summed E-state index contributed by atoms with van der Waals surface area (Å²) in [4.78, 5) is 10.4. The van der Waals surface area contributed by atoms with Crippen molar-refractivity contribution in [1.29, 1.82) is 0 Å². The van der Waals surface area contributed by atoms with Crippen molar-refractivity contribution in [3.63, 3.8) is 0 Å². The van der Waals surface area contributed by atoms with Gasteiger partial charge in [-0.25, -0.2) is 4.39 Å². The number of hydrogen-bond acceptors (Lipinski definition) is 2. The van der Waals surface area contributed by atoms with E-state index in [1.165, 1.54) is 12.1 Å². The molecule has 3 N–H and O–H groups in total. The molecule has 2 atom stereocenters. The average Bonchev–Trinajstić information content (AvgIpc) is 2.17. The van der Waals surface area contributed by atoms with E-state index in [0.717, 1.165) is 0 Å². The lowest BCUT2D eigenvalue weighted by atomic mass is 10.1. The van der Waals surface area contributed by atoms with Crippen molar-refractivity contribution in [2.45, 2.75) is 12.3 Å². The van der Waals surface area contributed by atoms with Gasteiger partial charge in [0, 0.05) is 0 Å². The van der Waals surface area contributed by atoms with E-state index in [2.05, 4.69) is 0 Å². The van der Waals surface area contributed by atoms with Gasteiger partial charge in [-0.15, -0.1) is 0 Å². The summed E-state index contributed by atoms with van der Waals surface area (Å²) >= 11 is 0. The predicted octanol–water partition coefficient (Wildman–Crippen LogP) is 0.543. The monoisotopic (exact) mass is 183 g/mol. The van der Waals surface area contributed by atoms with Crippen LogP contribution in [0.3, 0.4) is 0 Å². The average molecular weight is 183 g/mol. The van der Waals surface area contributed by atoms with Gasteiger partial charge in [-0.3, -0.25) is 4.79 Å². The van der Waals surface area contributed by atoms with E-state index in [4.69, 9.17) is 5.73 Å². The maximum atomic E-state index is 12.9. The van der Waals surface area contributed by atoms with E-state index in [9.17, 15) is 14.3 Å². The molecule has 0 aromatic heterocycles. The van der Waals surface area contributed by atoms with Crippen molar-refractivity contribution < 1.29 is 14.3 Å². The molecule has 4 heteroatoms. The van der Waals surface area contributed by atoms with Crippen LogP contribution in [-0.2, 0) is 4.79 Å². The number of amides is 1. The van der Waals surface area contributed by atoms with E-state index in [-0.39, 0.29) is 0 Å². The van der Waals surface area contributed by atoms with Gasteiger partial charge in [-0.2, -0.15) is 0 Å². The molecule has 0 radical (unpaired) electrons. The first-order valence-corrected chi connectivity index (χ1v) is 3.79. The predicted molar refractivity (Wildman–Crippen MR) is 45.5 cm³/mol. The Hall–Kier alpha value is -1.42. The Kier molecular flexibility index (Phi) is 2.97. The lowest BCUT2D eigenvalue weighted by Gasteiger charge is -2.12. The van der Waals surface area contributed by atoms with Gasteiger partial charge in [0.25, 0.3) is 5.91 Å². The summed E-state index contributed by atoms with van der Waals surface area (Å²) in [6.45, 7) is 0. The van der Waals surface area contributed by atoms with E-state index in [1.807, 2.05) is 0 Å². The second kappa shape index (κ2) is 4.00. The van der Waals surface area contributed by atoms with E-state index in [1.54, 1.807) is 18.2 Å². The fourth-order valence-corrected chi connectivity index (χ4v) is 0.975. The lowest BCUT2D eigenvalue weighted by molar-refractivity contribution is -0.126. The third-order valence-electron chi connectivity index (χ3n) is 1.69. The molecule has 0 saturated heterocycles. The molecule has 70 valence electrons. The summed E-state index contributed by atoms with van der Waals surface area (Å²) in [6, 6.07) is 8.08. The number of benzene rings is 1. The van der Waals surface area contributed by atoms with Gasteiger partial charge in [-0.05, 0) is 5.56 Å². The third-order valence-corrected chi connectivity index (χ3v) is 1.69. The van der Waals surface area contributed by atoms with E-state index >= 15 is 0 Å². The molecular formula is C9H10FNO2. The summed E-state index contributed by atoms with van der Waals surface area (Å²) < 4.78 is 12.9. The number of rotatable bonds is 3. The number of nitrogens with two attached hydrogens (primary N) is 1. The molecular weight excluding hydrogens is 173 g/mol. The second-order valence-corrected chi connectivity index (χ2v) is 2.66. The normalized spacial score (nSPS) is 14.9. The molecule has 0 aliphatic heterocycles. The van der Waals surface area contributed by atoms with Crippen LogP contribution in [-0.4, -0.2) is 17.2 Å². The molecule has 1 aromatic rings. The quantitative estimate of drug-likeness (QED) is 0.718. The highest BCUT2D eigenvalue weighted by Crippen LogP contribution is 2.18. The first-order chi connectivity index (χ1) is 6.13. The molecule has 0 unspecified atom stereocenters. The topological polar surface area (TPSA) is 63.3 Å². The lowest BCUT2D eigenvalue weighted by Crippen LogP contribution is -2.30. The van der Waals surface area contributed by atoms with Crippen LogP contribution in [0, 0.1) is 0 Å². The van der Waals surface area contributed by atoms with Crippen molar-refractivity contribution >= 4 is 5.91 Å². The van der Waals surface area contributed by atoms with Crippen LogP contribution in [0.1, 0.15) is 11.7 Å². The first-order valence-electron chi connectivity index (χ1n) is 3.79. The van der Waals surface area contributed by atoms with Crippen molar-refractivity contribution in [3.05, 3.63) is 35.9 Å². The molecule has 3 nitrogen and oxygen atoms in total. The van der Waals surface area contributed by atoms with Gasteiger partial charge < -0.3 is 10.8 Å². The molecule has 1 rings (SSSR count). The highest BCUT2D eigenvalue weighted by Gasteiger charge is 2.24. The van der Waals surface area contributed by atoms with Crippen LogP contribution in [0.5, 0.6) is 0 Å². The maximum Gasteiger partial charge on any atom is 0.255 e. The van der Waals surface area contributed by atoms with Crippen LogP contribution in [0.2, 0.25) is 0 Å². The summed E-state index contributed by atoms with van der Waals surface area (Å²) in [6.07, 6.45) is -3.53. The van der Waals surface area contributed by atoms with Gasteiger partial charge in [-0.1, -0.05) is 30.3 Å². The molecule has 0 spiro atoms. The first kappa shape index (κ1) is 9.67. The highest BCUT2D eigenvalue weighted by atomic mass is 19.1. The summed E-state index contributed by atoms with van der Waals surface area (Å²) in [5, 5.41) is 9.28. The Morgan fingerprint density at radius 1 is 1.38 bits per heavy atom. The van der Waals surface area contributed by atoms with Gasteiger partial charge in [0.15, 0.2) is 0 Å². The summed E-state index contributed by atoms with van der Waals surface area (Å²) in [7, 11) is 0. The molecule has 13 heavy (non-hydrogen) atoms. The highest BCUT2D eigenvalue weighted by molar-refractivity contribution is 5.79. The van der Waals surface area contributed by atoms with Crippen molar-refractivity contribution in [1.82, 2.24) is 0 Å². The maximum absolute atomic E-state index is 12.9. The van der Waals surface area contributed by atoms with Gasteiger partial charge >= 0.3 is 0 Å². The summed E-state index contributed by atoms with van der Waals surface area (Å²) in [5.74, 6) is -1.16. The number of carbonyl (C=O) groups excluding carboxylic acids is 1. The van der Waals surface area contributed by atoms with Gasteiger partial charge in [0.05, 0.1) is 0 Å². The number of carbonyl (C=O) groups is 1. The zero-order valence-corrected chi connectivity index (χ0v) is 6.85. The van der Waals surface area contributed by atoms with Crippen LogP contribution in [0.25, 0.3) is 0 Å². The minimum Gasteiger partial charge on any atom is -0.385 e. The zero-order chi connectivity index (χ0) is 9.84. The fourth-order valence-electron chi connectivity index (χ4n) is 0.975. The van der Waals surface area contributed by atoms with E-state index < -0.39 is 18.2 Å². The van der Waals surface area contributed by atoms with Crippen molar-refractivity contribution in [2.24, 2.45) is 5.73 Å². The Morgan fingerprint density at radius 3 is 2.38 bits per heavy atom. The van der Waals surface area contributed by atoms with Gasteiger partial charge in [0.2, 0.25) is 6.17 Å². The van der Waals surface area contributed by atoms with E-state index in [0.29, 0.717) is 5.56 Å². The number of hydrogen-bond donors (Lipinski definition) is 2. The largest absolute Gasteiger partial charge is 0.385 e. The molecule has 0 heterocycles. The molecule has 0 bridgehead atoms. The molecule has 0 saturated carbocycles. The number of halogens is 1. The minimum absolute atomic E-state index is 0.341. The Morgan fingerprint density at radius 2 is 1.92 bits per heavy atom. The smallest absolute Gasteiger partial charge is 0.255 e.